The number of aryl methyl sites for hydroxylation is 1. The maximum atomic E-state index is 6.40. The molecule has 0 N–H and O–H groups in total. The summed E-state index contributed by atoms with van der Waals surface area (Å²) >= 11 is 12.8. The summed E-state index contributed by atoms with van der Waals surface area (Å²) in [6.45, 7) is 9.77. The van der Waals surface area contributed by atoms with Crippen LogP contribution in [0.1, 0.15) is 44.6 Å². The fourth-order valence-electron chi connectivity index (χ4n) is 4.27. The molecule has 1 aliphatic heterocycles. The van der Waals surface area contributed by atoms with E-state index in [0.29, 0.717) is 10.0 Å². The Bertz CT molecular complexity index is 1000. The fourth-order valence-corrected chi connectivity index (χ4v) is 4.87. The van der Waals surface area contributed by atoms with Crippen molar-refractivity contribution in [1.29, 1.82) is 0 Å². The van der Waals surface area contributed by atoms with Crippen molar-refractivity contribution in [3.8, 4) is 0 Å². The van der Waals surface area contributed by atoms with Crippen LogP contribution in [0, 0.1) is 0 Å². The first kappa shape index (κ1) is 23.0. The molecular formula is C23H29Cl2N7. The first-order chi connectivity index (χ1) is 15.3. The quantitative estimate of drug-likeness (QED) is 0.519. The van der Waals surface area contributed by atoms with Gasteiger partial charge in [0.1, 0.15) is 0 Å². The van der Waals surface area contributed by atoms with Gasteiger partial charge in [-0.15, -0.1) is 5.10 Å². The largest absolute Gasteiger partial charge is 0.366 e. The van der Waals surface area contributed by atoms with Gasteiger partial charge in [-0.3, -0.25) is 9.88 Å². The molecule has 0 bridgehead atoms. The number of rotatable bonds is 6. The van der Waals surface area contributed by atoms with Gasteiger partial charge < -0.3 is 4.90 Å². The minimum atomic E-state index is -0.191. The molecule has 4 rings (SSSR count). The van der Waals surface area contributed by atoms with Crippen LogP contribution in [-0.2, 0) is 12.0 Å². The SMILES string of the molecule is CC(C)(C)n1nnnc1C(CCc1ccccc1)N1CCN(c2c(Cl)cncc2Cl)CC1. The second-order valence-electron chi connectivity index (χ2n) is 9.13. The Hall–Kier alpha value is -2.22. The molecule has 0 radical (unpaired) electrons. The van der Waals surface area contributed by atoms with Gasteiger partial charge in [-0.2, -0.15) is 0 Å². The summed E-state index contributed by atoms with van der Waals surface area (Å²) in [6.07, 6.45) is 5.20. The van der Waals surface area contributed by atoms with Crippen molar-refractivity contribution in [3.05, 3.63) is 64.2 Å². The summed E-state index contributed by atoms with van der Waals surface area (Å²) in [4.78, 5) is 8.80. The van der Waals surface area contributed by atoms with E-state index in [4.69, 9.17) is 23.2 Å². The molecule has 3 aromatic rings. The summed E-state index contributed by atoms with van der Waals surface area (Å²) in [5, 5.41) is 14.0. The van der Waals surface area contributed by atoms with Gasteiger partial charge in [0, 0.05) is 38.6 Å². The molecule has 1 fully saturated rings. The van der Waals surface area contributed by atoms with Crippen LogP contribution in [0.4, 0.5) is 5.69 Å². The summed E-state index contributed by atoms with van der Waals surface area (Å²) in [6, 6.07) is 10.7. The van der Waals surface area contributed by atoms with Crippen molar-refractivity contribution in [2.75, 3.05) is 31.1 Å². The zero-order valence-electron chi connectivity index (χ0n) is 18.7. The van der Waals surface area contributed by atoms with Gasteiger partial charge in [-0.05, 0) is 49.6 Å². The third-order valence-corrected chi connectivity index (χ3v) is 6.43. The van der Waals surface area contributed by atoms with Crippen molar-refractivity contribution in [1.82, 2.24) is 30.1 Å². The van der Waals surface area contributed by atoms with E-state index in [1.165, 1.54) is 5.56 Å². The lowest BCUT2D eigenvalue weighted by molar-refractivity contribution is 0.157. The van der Waals surface area contributed by atoms with Gasteiger partial charge in [0.2, 0.25) is 0 Å². The molecule has 1 aromatic carbocycles. The van der Waals surface area contributed by atoms with E-state index in [0.717, 1.165) is 50.5 Å². The molecule has 170 valence electrons. The molecule has 1 saturated heterocycles. The number of hydrogen-bond acceptors (Lipinski definition) is 6. The zero-order chi connectivity index (χ0) is 22.7. The van der Waals surface area contributed by atoms with Crippen molar-refractivity contribution in [3.63, 3.8) is 0 Å². The predicted molar refractivity (Wildman–Crippen MR) is 128 cm³/mol. The number of aromatic nitrogens is 5. The van der Waals surface area contributed by atoms with E-state index in [1.807, 2.05) is 4.68 Å². The van der Waals surface area contributed by atoms with Crippen LogP contribution in [0.2, 0.25) is 10.0 Å². The smallest absolute Gasteiger partial charge is 0.168 e. The van der Waals surface area contributed by atoms with E-state index in [2.05, 4.69) is 81.4 Å². The molecule has 2 aromatic heterocycles. The normalized spacial score (nSPS) is 16.3. The molecule has 0 spiro atoms. The number of benzene rings is 1. The second kappa shape index (κ2) is 9.73. The third kappa shape index (κ3) is 5.05. The molecule has 32 heavy (non-hydrogen) atoms. The summed E-state index contributed by atoms with van der Waals surface area (Å²) in [7, 11) is 0. The zero-order valence-corrected chi connectivity index (χ0v) is 20.3. The first-order valence-corrected chi connectivity index (χ1v) is 11.7. The molecule has 9 heteroatoms. The topological polar surface area (TPSA) is 63.0 Å². The van der Waals surface area contributed by atoms with Crippen LogP contribution in [0.15, 0.2) is 42.7 Å². The Morgan fingerprint density at radius 3 is 2.25 bits per heavy atom. The second-order valence-corrected chi connectivity index (χ2v) is 9.95. The van der Waals surface area contributed by atoms with Crippen LogP contribution in [0.3, 0.4) is 0 Å². The number of nitrogens with zero attached hydrogens (tertiary/aromatic N) is 7. The Morgan fingerprint density at radius 2 is 1.62 bits per heavy atom. The lowest BCUT2D eigenvalue weighted by Gasteiger charge is -2.40. The lowest BCUT2D eigenvalue weighted by Crippen LogP contribution is -2.48. The number of piperazine rings is 1. The van der Waals surface area contributed by atoms with Gasteiger partial charge in [0.15, 0.2) is 5.82 Å². The Morgan fingerprint density at radius 1 is 0.969 bits per heavy atom. The average molecular weight is 474 g/mol. The monoisotopic (exact) mass is 473 g/mol. The van der Waals surface area contributed by atoms with E-state index in [9.17, 15) is 0 Å². The van der Waals surface area contributed by atoms with E-state index in [-0.39, 0.29) is 11.6 Å². The maximum absolute atomic E-state index is 6.40. The van der Waals surface area contributed by atoms with Crippen molar-refractivity contribution in [2.45, 2.75) is 45.2 Å². The number of halogens is 2. The molecule has 3 heterocycles. The Balaban J connectivity index is 1.55. The van der Waals surface area contributed by atoms with Crippen LogP contribution in [0.5, 0.6) is 0 Å². The van der Waals surface area contributed by atoms with Crippen LogP contribution < -0.4 is 4.90 Å². The van der Waals surface area contributed by atoms with Crippen molar-refractivity contribution >= 4 is 28.9 Å². The van der Waals surface area contributed by atoms with Crippen LogP contribution in [0.25, 0.3) is 0 Å². The summed E-state index contributed by atoms with van der Waals surface area (Å²) in [5.41, 5.74) is 1.99. The number of pyridine rings is 1. The molecule has 1 aliphatic rings. The molecule has 1 unspecified atom stereocenters. The highest BCUT2D eigenvalue weighted by Crippen LogP contribution is 2.35. The Labute approximate surface area is 199 Å². The average Bonchev–Trinajstić information content (AvgIpc) is 3.26. The number of anilines is 1. The minimum Gasteiger partial charge on any atom is -0.366 e. The molecule has 7 nitrogen and oxygen atoms in total. The number of tetrazole rings is 1. The first-order valence-electron chi connectivity index (χ1n) is 11.0. The van der Waals surface area contributed by atoms with Gasteiger partial charge in [0.25, 0.3) is 0 Å². The van der Waals surface area contributed by atoms with E-state index < -0.39 is 0 Å². The van der Waals surface area contributed by atoms with Crippen molar-refractivity contribution in [2.24, 2.45) is 0 Å². The molecule has 0 amide bonds. The minimum absolute atomic E-state index is 0.120. The maximum Gasteiger partial charge on any atom is 0.168 e. The number of hydrogen-bond donors (Lipinski definition) is 0. The highest BCUT2D eigenvalue weighted by atomic mass is 35.5. The molecular weight excluding hydrogens is 445 g/mol. The fraction of sp³-hybridized carbons (Fsp3) is 0.478. The standard InChI is InChI=1S/C23H29Cl2N7/c1-23(2,3)32-22(27-28-29-32)20(10-9-17-7-5-4-6-8-17)30-11-13-31(14-12-30)21-18(24)15-26-16-19(21)25/h4-8,15-16,20H,9-14H2,1-3H3. The van der Waals surface area contributed by atoms with Crippen molar-refractivity contribution < 1.29 is 0 Å². The third-order valence-electron chi connectivity index (χ3n) is 5.88. The molecule has 0 aliphatic carbocycles. The van der Waals surface area contributed by atoms with Gasteiger partial charge in [-0.1, -0.05) is 53.5 Å². The predicted octanol–water partition coefficient (Wildman–Crippen LogP) is 4.63. The lowest BCUT2D eigenvalue weighted by atomic mass is 10.0. The van der Waals surface area contributed by atoms with E-state index in [1.54, 1.807) is 12.4 Å². The molecule has 0 saturated carbocycles. The summed E-state index contributed by atoms with van der Waals surface area (Å²) < 4.78 is 1.96. The van der Waals surface area contributed by atoms with Gasteiger partial charge in [-0.25, -0.2) is 4.68 Å². The highest BCUT2D eigenvalue weighted by molar-refractivity contribution is 6.38. The van der Waals surface area contributed by atoms with Crippen LogP contribution in [-0.4, -0.2) is 56.3 Å². The Kier molecular flexibility index (Phi) is 6.98. The summed E-state index contributed by atoms with van der Waals surface area (Å²) in [5.74, 6) is 0.918. The molecule has 1 atom stereocenters. The van der Waals surface area contributed by atoms with E-state index >= 15 is 0 Å². The van der Waals surface area contributed by atoms with Crippen LogP contribution >= 0.6 is 23.2 Å². The van der Waals surface area contributed by atoms with Gasteiger partial charge in [0.05, 0.1) is 27.3 Å². The van der Waals surface area contributed by atoms with Gasteiger partial charge >= 0.3 is 0 Å². The highest BCUT2D eigenvalue weighted by Gasteiger charge is 2.32.